The average Bonchev–Trinajstić information content (AvgIpc) is 2.64. The summed E-state index contributed by atoms with van der Waals surface area (Å²) in [5.74, 6) is -1.62. The molecule has 0 radical (unpaired) electrons. The summed E-state index contributed by atoms with van der Waals surface area (Å²) in [7, 11) is -0.0984. The third-order valence-electron chi connectivity index (χ3n) is 3.48. The Labute approximate surface area is 147 Å². The second kappa shape index (κ2) is 9.08. The maximum Gasteiger partial charge on any atom is 0.328 e. The molecular weight excluding hydrogens is 345 g/mol. The Kier molecular flexibility index (Phi) is 6.82. The number of rotatable bonds is 7. The summed E-state index contributed by atoms with van der Waals surface area (Å²) in [6.07, 6.45) is 0.134. The Hall–Kier alpha value is -2.54. The highest BCUT2D eigenvalue weighted by molar-refractivity contribution is 7.85. The predicted octanol–water partition coefficient (Wildman–Crippen LogP) is 2.30. The standard InChI is InChI=1S/C18H18FNO4S/c1-24-18(22)16(10-11-25(23)15-8-3-2-4-9-15)20-17(21)13-6-5-7-14(19)12-13/h2-9,12,16H,10-11H2,1H3,(H,20,21)/t16-,25-/m0/s1. The number of ether oxygens (including phenoxy) is 1. The van der Waals surface area contributed by atoms with E-state index in [0.29, 0.717) is 4.90 Å². The zero-order valence-electron chi connectivity index (χ0n) is 13.6. The molecule has 0 saturated heterocycles. The van der Waals surface area contributed by atoms with E-state index in [0.717, 1.165) is 6.07 Å². The summed E-state index contributed by atoms with van der Waals surface area (Å²) in [6.45, 7) is 0. The van der Waals surface area contributed by atoms with Gasteiger partial charge in [0.05, 0.1) is 17.9 Å². The lowest BCUT2D eigenvalue weighted by atomic mass is 10.1. The number of nitrogens with one attached hydrogen (secondary N) is 1. The minimum Gasteiger partial charge on any atom is -0.467 e. The highest BCUT2D eigenvalue weighted by Gasteiger charge is 2.23. The Balaban J connectivity index is 2.02. The highest BCUT2D eigenvalue weighted by Crippen LogP contribution is 2.10. The molecule has 25 heavy (non-hydrogen) atoms. The van der Waals surface area contributed by atoms with Crippen LogP contribution in [0.15, 0.2) is 59.5 Å². The zero-order chi connectivity index (χ0) is 18.2. The minimum absolute atomic E-state index is 0.0954. The van der Waals surface area contributed by atoms with Crippen LogP contribution in [0.5, 0.6) is 0 Å². The second-order valence-electron chi connectivity index (χ2n) is 5.21. The lowest BCUT2D eigenvalue weighted by Gasteiger charge is -2.16. The van der Waals surface area contributed by atoms with Gasteiger partial charge in [0.25, 0.3) is 5.91 Å². The molecule has 0 spiro atoms. The molecule has 2 aromatic carbocycles. The minimum atomic E-state index is -1.30. The fraction of sp³-hybridized carbons (Fsp3) is 0.222. The predicted molar refractivity (Wildman–Crippen MR) is 92.0 cm³/mol. The SMILES string of the molecule is COC(=O)[C@H](CC[S@](=O)c1ccccc1)NC(=O)c1cccc(F)c1. The highest BCUT2D eigenvalue weighted by atomic mass is 32.2. The molecule has 0 bridgehead atoms. The fourth-order valence-electron chi connectivity index (χ4n) is 2.18. The van der Waals surface area contributed by atoms with Crippen molar-refractivity contribution in [2.75, 3.05) is 12.9 Å². The van der Waals surface area contributed by atoms with Crippen LogP contribution in [0.4, 0.5) is 4.39 Å². The number of hydrogen-bond donors (Lipinski definition) is 1. The van der Waals surface area contributed by atoms with Gasteiger partial charge in [-0.2, -0.15) is 0 Å². The lowest BCUT2D eigenvalue weighted by Crippen LogP contribution is -2.42. The molecule has 0 aliphatic rings. The Morgan fingerprint density at radius 1 is 1.16 bits per heavy atom. The van der Waals surface area contributed by atoms with Crippen molar-refractivity contribution >= 4 is 22.7 Å². The van der Waals surface area contributed by atoms with Gasteiger partial charge in [-0.1, -0.05) is 24.3 Å². The van der Waals surface area contributed by atoms with E-state index in [-0.39, 0.29) is 17.7 Å². The molecule has 0 heterocycles. The Morgan fingerprint density at radius 2 is 1.88 bits per heavy atom. The smallest absolute Gasteiger partial charge is 0.328 e. The van der Waals surface area contributed by atoms with Crippen LogP contribution in [-0.2, 0) is 20.3 Å². The van der Waals surface area contributed by atoms with Crippen molar-refractivity contribution in [1.82, 2.24) is 5.32 Å². The van der Waals surface area contributed by atoms with Gasteiger partial charge in [0.15, 0.2) is 0 Å². The van der Waals surface area contributed by atoms with E-state index in [1.807, 2.05) is 6.07 Å². The third kappa shape index (κ3) is 5.49. The van der Waals surface area contributed by atoms with Crippen LogP contribution in [0.1, 0.15) is 16.8 Å². The molecule has 1 amide bonds. The van der Waals surface area contributed by atoms with Gasteiger partial charge in [-0.15, -0.1) is 0 Å². The van der Waals surface area contributed by atoms with E-state index in [4.69, 9.17) is 0 Å². The summed E-state index contributed by atoms with van der Waals surface area (Å²) in [4.78, 5) is 24.7. The van der Waals surface area contributed by atoms with Gasteiger partial charge in [0.1, 0.15) is 11.9 Å². The molecule has 0 aliphatic heterocycles. The number of amides is 1. The van der Waals surface area contributed by atoms with Crippen molar-refractivity contribution in [3.8, 4) is 0 Å². The first-order valence-corrected chi connectivity index (χ1v) is 8.91. The zero-order valence-corrected chi connectivity index (χ0v) is 14.4. The maximum atomic E-state index is 13.2. The molecule has 2 rings (SSSR count). The number of halogens is 1. The lowest BCUT2D eigenvalue weighted by molar-refractivity contribution is -0.142. The first kappa shape index (κ1) is 18.8. The molecular formula is C18H18FNO4S. The summed E-state index contributed by atoms with van der Waals surface area (Å²) < 4.78 is 30.2. The van der Waals surface area contributed by atoms with Crippen LogP contribution in [0.2, 0.25) is 0 Å². The summed E-state index contributed by atoms with van der Waals surface area (Å²) in [6, 6.07) is 13.0. The summed E-state index contributed by atoms with van der Waals surface area (Å²) in [5, 5.41) is 2.50. The van der Waals surface area contributed by atoms with Crippen molar-refractivity contribution in [2.24, 2.45) is 0 Å². The van der Waals surface area contributed by atoms with Crippen LogP contribution in [-0.4, -0.2) is 35.0 Å². The van der Waals surface area contributed by atoms with Gasteiger partial charge in [0.2, 0.25) is 0 Å². The van der Waals surface area contributed by atoms with Gasteiger partial charge in [-0.3, -0.25) is 9.00 Å². The molecule has 0 saturated carbocycles. The quantitative estimate of drug-likeness (QED) is 0.766. The molecule has 0 aliphatic carbocycles. The van der Waals surface area contributed by atoms with E-state index >= 15 is 0 Å². The molecule has 0 unspecified atom stereocenters. The molecule has 2 aromatic rings. The number of hydrogen-bond acceptors (Lipinski definition) is 4. The first-order valence-electron chi connectivity index (χ1n) is 7.59. The number of benzene rings is 2. The van der Waals surface area contributed by atoms with E-state index in [1.165, 1.54) is 25.3 Å². The first-order chi connectivity index (χ1) is 12.0. The molecule has 7 heteroatoms. The number of carbonyl (C=O) groups is 2. The summed E-state index contributed by atoms with van der Waals surface area (Å²) in [5.41, 5.74) is 0.0954. The van der Waals surface area contributed by atoms with Crippen LogP contribution in [0.25, 0.3) is 0 Å². The Morgan fingerprint density at radius 3 is 2.52 bits per heavy atom. The molecule has 2 atom stereocenters. The van der Waals surface area contributed by atoms with Gasteiger partial charge in [-0.25, -0.2) is 9.18 Å². The third-order valence-corrected chi connectivity index (χ3v) is 4.88. The largest absolute Gasteiger partial charge is 0.467 e. The molecule has 0 fully saturated rings. The molecule has 1 N–H and O–H groups in total. The van der Waals surface area contributed by atoms with Gasteiger partial charge in [0, 0.05) is 16.2 Å². The molecule has 5 nitrogen and oxygen atoms in total. The molecule has 0 aromatic heterocycles. The van der Waals surface area contributed by atoms with Crippen molar-refractivity contribution in [3.05, 3.63) is 66.0 Å². The van der Waals surface area contributed by atoms with Crippen molar-refractivity contribution in [3.63, 3.8) is 0 Å². The number of carbonyl (C=O) groups excluding carboxylic acids is 2. The van der Waals surface area contributed by atoms with E-state index in [1.54, 1.807) is 24.3 Å². The van der Waals surface area contributed by atoms with Crippen molar-refractivity contribution in [2.45, 2.75) is 17.4 Å². The van der Waals surface area contributed by atoms with Gasteiger partial charge >= 0.3 is 5.97 Å². The van der Waals surface area contributed by atoms with E-state index in [2.05, 4.69) is 10.1 Å². The summed E-state index contributed by atoms with van der Waals surface area (Å²) >= 11 is 0. The average molecular weight is 363 g/mol. The van der Waals surface area contributed by atoms with Crippen molar-refractivity contribution in [1.29, 1.82) is 0 Å². The number of esters is 1. The number of methoxy groups -OCH3 is 1. The van der Waals surface area contributed by atoms with Gasteiger partial charge < -0.3 is 10.1 Å². The van der Waals surface area contributed by atoms with Crippen LogP contribution >= 0.6 is 0 Å². The van der Waals surface area contributed by atoms with E-state index in [9.17, 15) is 18.2 Å². The maximum absolute atomic E-state index is 13.2. The monoisotopic (exact) mass is 363 g/mol. The second-order valence-corrected chi connectivity index (χ2v) is 6.78. The van der Waals surface area contributed by atoms with Gasteiger partial charge in [-0.05, 0) is 36.8 Å². The molecule has 132 valence electrons. The van der Waals surface area contributed by atoms with E-state index < -0.39 is 34.5 Å². The van der Waals surface area contributed by atoms with Crippen LogP contribution in [0.3, 0.4) is 0 Å². The van der Waals surface area contributed by atoms with Crippen LogP contribution in [0, 0.1) is 5.82 Å². The van der Waals surface area contributed by atoms with Crippen molar-refractivity contribution < 1.29 is 22.9 Å². The topological polar surface area (TPSA) is 72.5 Å². The van der Waals surface area contributed by atoms with Crippen LogP contribution < -0.4 is 5.32 Å². The normalized spacial score (nSPS) is 12.9. The Bertz CT molecular complexity index is 767. The fourth-order valence-corrected chi connectivity index (χ4v) is 3.32.